The molecule has 3 heteroatoms. The molecule has 1 saturated heterocycles. The minimum absolute atomic E-state index is 0.128. The molecular weight excluding hydrogens is 102 g/mol. The van der Waals surface area contributed by atoms with Crippen molar-refractivity contribution in [2.24, 2.45) is 0 Å². The summed E-state index contributed by atoms with van der Waals surface area (Å²) >= 11 is 0. The zero-order valence-corrected chi connectivity index (χ0v) is 5.95. The average molecular weight is 116 g/mol. The molecule has 0 aromatic rings. The van der Waals surface area contributed by atoms with Crippen molar-refractivity contribution in [3.8, 4) is 0 Å². The van der Waals surface area contributed by atoms with Crippen molar-refractivity contribution in [3.63, 3.8) is 0 Å². The molecule has 1 fully saturated rings. The summed E-state index contributed by atoms with van der Waals surface area (Å²) in [6.45, 7) is 4.22. The molecule has 1 rings (SSSR count). The van der Waals surface area contributed by atoms with Crippen LogP contribution < -0.4 is 10.9 Å². The first-order valence-corrected chi connectivity index (χ1v) is 2.84. The lowest BCUT2D eigenvalue weighted by Crippen LogP contribution is -2.85. The summed E-state index contributed by atoms with van der Waals surface area (Å²) in [5.74, 6) is 0. The van der Waals surface area contributed by atoms with E-state index in [0.29, 0.717) is 4.70 Å². The maximum Gasteiger partial charge on any atom is 0.159 e. The van der Waals surface area contributed by atoms with E-state index in [1.807, 2.05) is 0 Å². The van der Waals surface area contributed by atoms with Gasteiger partial charge in [-0.25, -0.2) is 0 Å². The molecule has 0 saturated carbocycles. The molecule has 0 atom stereocenters. The van der Waals surface area contributed by atoms with Gasteiger partial charge in [0.05, 0.1) is 0 Å². The van der Waals surface area contributed by atoms with Gasteiger partial charge in [0.1, 0.15) is 14.1 Å². The summed E-state index contributed by atoms with van der Waals surface area (Å²) in [5.41, 5.74) is 6.70. The van der Waals surface area contributed by atoms with Gasteiger partial charge < -0.3 is 0 Å². The number of hydrogen-bond acceptors (Lipinski definition) is 2. The van der Waals surface area contributed by atoms with Crippen LogP contribution in [0.3, 0.4) is 0 Å². The Hall–Kier alpha value is -0.120. The third kappa shape index (κ3) is 0.992. The van der Waals surface area contributed by atoms with Crippen molar-refractivity contribution < 1.29 is 4.70 Å². The second-order valence-electron chi connectivity index (χ2n) is 3.30. The van der Waals surface area contributed by atoms with E-state index in [-0.39, 0.29) is 5.66 Å². The maximum atomic E-state index is 3.28. The van der Waals surface area contributed by atoms with Crippen LogP contribution in [0.2, 0.25) is 0 Å². The molecule has 3 nitrogen and oxygen atoms in total. The van der Waals surface area contributed by atoms with Crippen LogP contribution >= 0.6 is 0 Å². The molecule has 0 unspecified atom stereocenters. The molecule has 0 aliphatic carbocycles. The van der Waals surface area contributed by atoms with E-state index in [2.05, 4.69) is 38.8 Å². The maximum absolute atomic E-state index is 3.28. The molecule has 0 spiro atoms. The minimum Gasteiger partial charge on any atom is -0.172 e. The van der Waals surface area contributed by atoms with Crippen molar-refractivity contribution in [1.29, 1.82) is 0 Å². The van der Waals surface area contributed by atoms with Crippen LogP contribution in [0, 0.1) is 0 Å². The number of hydrogen-bond donors (Lipinski definition) is 2. The molecule has 1 heterocycles. The highest BCUT2D eigenvalue weighted by Gasteiger charge is 2.42. The van der Waals surface area contributed by atoms with Gasteiger partial charge in [0.15, 0.2) is 5.66 Å². The van der Waals surface area contributed by atoms with Gasteiger partial charge in [-0.15, -0.1) is 10.9 Å². The Morgan fingerprint density at radius 3 is 1.50 bits per heavy atom. The minimum atomic E-state index is 0.128. The van der Waals surface area contributed by atoms with Gasteiger partial charge in [-0.1, -0.05) is 0 Å². The van der Waals surface area contributed by atoms with Crippen molar-refractivity contribution in [2.45, 2.75) is 19.5 Å². The monoisotopic (exact) mass is 116 g/mol. The van der Waals surface area contributed by atoms with E-state index in [0.717, 1.165) is 0 Å². The van der Waals surface area contributed by atoms with Crippen LogP contribution in [-0.2, 0) is 0 Å². The second-order valence-corrected chi connectivity index (χ2v) is 3.30. The molecule has 0 amide bonds. The van der Waals surface area contributed by atoms with E-state index in [4.69, 9.17) is 0 Å². The Bertz CT molecular complexity index is 84.2. The number of quaternary nitrogens is 1. The lowest BCUT2D eigenvalue weighted by atomic mass is 10.2. The Morgan fingerprint density at radius 1 is 1.12 bits per heavy atom. The number of nitrogens with one attached hydrogen (secondary N) is 2. The Morgan fingerprint density at radius 2 is 1.50 bits per heavy atom. The highest BCUT2D eigenvalue weighted by Crippen LogP contribution is 2.11. The zero-order valence-electron chi connectivity index (χ0n) is 5.95. The molecule has 8 heavy (non-hydrogen) atoms. The van der Waals surface area contributed by atoms with Gasteiger partial charge in [-0.2, -0.15) is 4.70 Å². The SMILES string of the molecule is CC1(C)N[N+](C)(C)N1. The normalized spacial score (nSPS) is 31.5. The summed E-state index contributed by atoms with van der Waals surface area (Å²) in [6, 6.07) is 0. The molecule has 0 aromatic heterocycles. The lowest BCUT2D eigenvalue weighted by Gasteiger charge is -2.49. The fraction of sp³-hybridized carbons (Fsp3) is 1.00. The molecule has 1 aliphatic heterocycles. The molecule has 2 N–H and O–H groups in total. The summed E-state index contributed by atoms with van der Waals surface area (Å²) < 4.78 is 0.715. The molecule has 0 bridgehead atoms. The first-order valence-electron chi connectivity index (χ1n) is 2.84. The fourth-order valence-corrected chi connectivity index (χ4v) is 1.40. The summed E-state index contributed by atoms with van der Waals surface area (Å²) in [4.78, 5) is 0. The second kappa shape index (κ2) is 1.23. The molecule has 1 aliphatic rings. The summed E-state index contributed by atoms with van der Waals surface area (Å²) in [5, 5.41) is 0. The van der Waals surface area contributed by atoms with E-state index in [9.17, 15) is 0 Å². The third-order valence-corrected chi connectivity index (χ3v) is 1.12. The first-order chi connectivity index (χ1) is 3.41. The zero-order chi connectivity index (χ0) is 6.41. The lowest BCUT2D eigenvalue weighted by molar-refractivity contribution is -1.04. The van der Waals surface area contributed by atoms with Crippen molar-refractivity contribution in [3.05, 3.63) is 0 Å². The van der Waals surface area contributed by atoms with E-state index in [1.165, 1.54) is 0 Å². The van der Waals surface area contributed by atoms with Gasteiger partial charge >= 0.3 is 0 Å². The number of rotatable bonds is 0. The molecule has 0 aromatic carbocycles. The predicted octanol–water partition coefficient (Wildman–Crippen LogP) is -0.178. The highest BCUT2D eigenvalue weighted by molar-refractivity contribution is 4.69. The van der Waals surface area contributed by atoms with Crippen LogP contribution in [0.4, 0.5) is 0 Å². The van der Waals surface area contributed by atoms with E-state index >= 15 is 0 Å². The molecular formula is C5H14N3+. The predicted molar refractivity (Wildman–Crippen MR) is 32.5 cm³/mol. The third-order valence-electron chi connectivity index (χ3n) is 1.12. The smallest absolute Gasteiger partial charge is 0.159 e. The Balaban J connectivity index is 2.42. The van der Waals surface area contributed by atoms with Gasteiger partial charge in [0.2, 0.25) is 0 Å². The Kier molecular flexibility index (Phi) is 0.927. The van der Waals surface area contributed by atoms with Crippen LogP contribution in [0.5, 0.6) is 0 Å². The summed E-state index contributed by atoms with van der Waals surface area (Å²) in [7, 11) is 4.12. The highest BCUT2D eigenvalue weighted by atomic mass is 16.0. The topological polar surface area (TPSA) is 24.1 Å². The van der Waals surface area contributed by atoms with E-state index < -0.39 is 0 Å². The van der Waals surface area contributed by atoms with Crippen LogP contribution in [0.25, 0.3) is 0 Å². The van der Waals surface area contributed by atoms with Gasteiger partial charge in [-0.05, 0) is 13.8 Å². The number of nitrogens with zero attached hydrogens (tertiary/aromatic N) is 1. The molecule has 0 radical (unpaired) electrons. The van der Waals surface area contributed by atoms with Crippen LogP contribution in [0.15, 0.2) is 0 Å². The van der Waals surface area contributed by atoms with Gasteiger partial charge in [0, 0.05) is 0 Å². The van der Waals surface area contributed by atoms with Crippen molar-refractivity contribution >= 4 is 0 Å². The van der Waals surface area contributed by atoms with Crippen LogP contribution in [0.1, 0.15) is 13.8 Å². The first kappa shape index (κ1) is 6.01. The van der Waals surface area contributed by atoms with Crippen molar-refractivity contribution in [1.82, 2.24) is 10.9 Å². The van der Waals surface area contributed by atoms with E-state index in [1.54, 1.807) is 0 Å². The van der Waals surface area contributed by atoms with Gasteiger partial charge in [-0.3, -0.25) is 0 Å². The Labute approximate surface area is 50.2 Å². The van der Waals surface area contributed by atoms with Crippen molar-refractivity contribution in [2.75, 3.05) is 14.1 Å². The fourth-order valence-electron chi connectivity index (χ4n) is 1.40. The van der Waals surface area contributed by atoms with Crippen LogP contribution in [-0.4, -0.2) is 24.5 Å². The largest absolute Gasteiger partial charge is 0.172 e. The average Bonchev–Trinajstić information content (AvgIpc) is 1.20. The molecule has 48 valence electrons. The quantitative estimate of drug-likeness (QED) is 0.429. The summed E-state index contributed by atoms with van der Waals surface area (Å²) in [6.07, 6.45) is 0. The standard InChI is InChI=1S/C5H14N3/c1-5(2)6-8(3,4)7-5/h6-7H,1-4H3/q+1. The van der Waals surface area contributed by atoms with Gasteiger partial charge in [0.25, 0.3) is 0 Å².